The Labute approximate surface area is 267 Å². The minimum Gasteiger partial charge on any atom is -0.453 e. The summed E-state index contributed by atoms with van der Waals surface area (Å²) >= 11 is 0. The van der Waals surface area contributed by atoms with E-state index in [1.807, 2.05) is 18.5 Å². The number of nitrogens with zero attached hydrogens (tertiary/aromatic N) is 6. The van der Waals surface area contributed by atoms with Crippen molar-refractivity contribution in [2.24, 2.45) is 0 Å². The third-order valence-corrected chi connectivity index (χ3v) is 9.69. The lowest BCUT2D eigenvalue weighted by Gasteiger charge is -2.32. The number of ether oxygens (including phenoxy) is 1. The van der Waals surface area contributed by atoms with Crippen LogP contribution in [0.15, 0.2) is 54.9 Å². The normalized spacial score (nSPS) is 20.4. The van der Waals surface area contributed by atoms with Crippen molar-refractivity contribution in [1.82, 2.24) is 30.2 Å². The number of carbonyl (C=O) groups excluding carboxylic acids is 2. The highest BCUT2D eigenvalue weighted by Gasteiger charge is 2.34. The van der Waals surface area contributed by atoms with Crippen molar-refractivity contribution < 1.29 is 18.7 Å². The minimum atomic E-state index is -0.654. The molecule has 240 valence electrons. The van der Waals surface area contributed by atoms with Gasteiger partial charge in [-0.3, -0.25) is 4.79 Å². The van der Waals surface area contributed by atoms with Gasteiger partial charge in [-0.25, -0.2) is 24.1 Å². The quantitative estimate of drug-likeness (QED) is 0.286. The lowest BCUT2D eigenvalue weighted by molar-refractivity contribution is -0.131. The van der Waals surface area contributed by atoms with E-state index in [1.54, 1.807) is 4.90 Å². The molecule has 0 spiro atoms. The summed E-state index contributed by atoms with van der Waals surface area (Å²) in [5, 5.41) is 2.45. The van der Waals surface area contributed by atoms with E-state index < -0.39 is 6.09 Å². The average Bonchev–Trinajstić information content (AvgIpc) is 3.87. The molecule has 0 saturated carbocycles. The summed E-state index contributed by atoms with van der Waals surface area (Å²) in [6.07, 6.45) is 8.52. The average molecular weight is 627 g/mol. The highest BCUT2D eigenvalue weighted by atomic mass is 19.1. The van der Waals surface area contributed by atoms with Crippen LogP contribution in [0.4, 0.5) is 20.8 Å². The number of aromatic nitrogens is 4. The number of imidazole rings is 1. The van der Waals surface area contributed by atoms with Crippen molar-refractivity contribution in [2.45, 2.75) is 56.5 Å². The van der Waals surface area contributed by atoms with Crippen molar-refractivity contribution >= 4 is 34.7 Å². The SMILES string of the molecule is COC(=O)NCC(=O)N1CCC[C@H]1c1nc2cc([C@H]3CCCN3c3cnc(N4CCC(c5ccccc5)CC4)nc3)c(F)cc2[nH]1. The summed E-state index contributed by atoms with van der Waals surface area (Å²) in [5.41, 5.74) is 4.13. The predicted octanol–water partition coefficient (Wildman–Crippen LogP) is 5.24. The Morgan fingerprint density at radius 3 is 2.48 bits per heavy atom. The molecule has 5 heterocycles. The first-order valence-corrected chi connectivity index (χ1v) is 16.2. The second-order valence-electron chi connectivity index (χ2n) is 12.4. The first-order valence-electron chi connectivity index (χ1n) is 16.2. The zero-order valence-electron chi connectivity index (χ0n) is 26.0. The number of nitrogens with one attached hydrogen (secondary N) is 2. The molecule has 12 heteroatoms. The third kappa shape index (κ3) is 5.95. The van der Waals surface area contributed by atoms with Gasteiger partial charge in [0.15, 0.2) is 0 Å². The number of methoxy groups -OCH3 is 1. The maximum atomic E-state index is 15.7. The Morgan fingerprint density at radius 2 is 1.72 bits per heavy atom. The predicted molar refractivity (Wildman–Crippen MR) is 172 cm³/mol. The smallest absolute Gasteiger partial charge is 0.407 e. The molecule has 11 nitrogen and oxygen atoms in total. The molecule has 0 aliphatic carbocycles. The van der Waals surface area contributed by atoms with Crippen molar-refractivity contribution in [2.75, 3.05) is 49.6 Å². The van der Waals surface area contributed by atoms with Gasteiger partial charge >= 0.3 is 6.09 Å². The zero-order valence-corrected chi connectivity index (χ0v) is 26.0. The summed E-state index contributed by atoms with van der Waals surface area (Å²) in [6, 6.07) is 13.6. The molecule has 2 N–H and O–H groups in total. The van der Waals surface area contributed by atoms with Crippen molar-refractivity contribution in [3.8, 4) is 0 Å². The van der Waals surface area contributed by atoms with Gasteiger partial charge in [-0.2, -0.15) is 0 Å². The highest BCUT2D eigenvalue weighted by molar-refractivity contribution is 5.83. The van der Waals surface area contributed by atoms with Gasteiger partial charge in [0.25, 0.3) is 0 Å². The first kappa shape index (κ1) is 29.9. The van der Waals surface area contributed by atoms with Crippen LogP contribution in [0, 0.1) is 5.82 Å². The van der Waals surface area contributed by atoms with E-state index in [4.69, 9.17) is 15.0 Å². The molecule has 46 heavy (non-hydrogen) atoms. The van der Waals surface area contributed by atoms with Gasteiger partial charge in [-0.15, -0.1) is 0 Å². The number of rotatable bonds is 7. The van der Waals surface area contributed by atoms with E-state index in [0.717, 1.165) is 69.8 Å². The van der Waals surface area contributed by atoms with Crippen LogP contribution in [0.5, 0.6) is 0 Å². The van der Waals surface area contributed by atoms with Crippen LogP contribution in [-0.2, 0) is 9.53 Å². The van der Waals surface area contributed by atoms with Crippen LogP contribution in [0.1, 0.15) is 73.5 Å². The van der Waals surface area contributed by atoms with E-state index in [2.05, 4.69) is 55.2 Å². The number of hydrogen-bond acceptors (Lipinski definition) is 8. The Hall–Kier alpha value is -4.74. The van der Waals surface area contributed by atoms with E-state index in [0.29, 0.717) is 34.9 Å². The summed E-state index contributed by atoms with van der Waals surface area (Å²) < 4.78 is 20.3. The largest absolute Gasteiger partial charge is 0.453 e. The molecule has 2 atom stereocenters. The lowest BCUT2D eigenvalue weighted by atomic mass is 9.90. The van der Waals surface area contributed by atoms with Gasteiger partial charge in [-0.05, 0) is 62.1 Å². The van der Waals surface area contributed by atoms with Crippen LogP contribution < -0.4 is 15.1 Å². The standard InChI is InChI=1S/C34H39FN8O3/c1-46-34(45)38-21-31(44)43-14-6-10-30(43)32-39-27-17-25(26(35)18-28(27)40-32)29-9-5-13-42(29)24-19-36-33(37-20-24)41-15-11-23(12-16-41)22-7-3-2-4-8-22/h2-4,7-8,17-20,23,29-30H,5-6,9-16,21H2,1H3,(H,38,45)(H,39,40)/t29-,30+/m1/s1. The molecule has 3 fully saturated rings. The maximum Gasteiger partial charge on any atom is 0.407 e. The molecule has 7 rings (SSSR count). The monoisotopic (exact) mass is 626 g/mol. The molecule has 0 radical (unpaired) electrons. The highest BCUT2D eigenvalue weighted by Crippen LogP contribution is 2.39. The van der Waals surface area contributed by atoms with Crippen LogP contribution in [-0.4, -0.2) is 76.7 Å². The molecule has 0 bridgehead atoms. The molecular weight excluding hydrogens is 587 g/mol. The number of halogens is 1. The van der Waals surface area contributed by atoms with E-state index in [1.165, 1.54) is 18.7 Å². The van der Waals surface area contributed by atoms with Crippen LogP contribution in [0.2, 0.25) is 0 Å². The fourth-order valence-corrected chi connectivity index (χ4v) is 7.31. The number of amides is 2. The van der Waals surface area contributed by atoms with Crippen LogP contribution in [0.25, 0.3) is 11.0 Å². The molecule has 3 aliphatic rings. The Morgan fingerprint density at radius 1 is 0.978 bits per heavy atom. The molecule has 2 amide bonds. The van der Waals surface area contributed by atoms with Crippen molar-refractivity contribution in [3.05, 3.63) is 77.6 Å². The maximum absolute atomic E-state index is 15.7. The Kier molecular flexibility index (Phi) is 8.42. The number of benzene rings is 2. The van der Waals surface area contributed by atoms with Crippen molar-refractivity contribution in [1.29, 1.82) is 0 Å². The molecule has 3 aliphatic heterocycles. The molecule has 3 saturated heterocycles. The summed E-state index contributed by atoms with van der Waals surface area (Å²) in [5.74, 6) is 1.42. The number of alkyl carbamates (subject to hydrolysis) is 1. The van der Waals surface area contributed by atoms with Crippen molar-refractivity contribution in [3.63, 3.8) is 0 Å². The minimum absolute atomic E-state index is 0.156. The molecule has 4 aromatic rings. The summed E-state index contributed by atoms with van der Waals surface area (Å²) in [4.78, 5) is 48.0. The van der Waals surface area contributed by atoms with Gasteiger partial charge in [0.05, 0.1) is 48.3 Å². The number of likely N-dealkylation sites (tertiary alicyclic amines) is 1. The Bertz CT molecular complexity index is 1690. The second-order valence-corrected chi connectivity index (χ2v) is 12.4. The van der Waals surface area contributed by atoms with Gasteiger partial charge in [0.1, 0.15) is 18.2 Å². The van der Waals surface area contributed by atoms with Crippen LogP contribution >= 0.6 is 0 Å². The zero-order chi connectivity index (χ0) is 31.6. The summed E-state index contributed by atoms with van der Waals surface area (Å²) in [6.45, 7) is 3.03. The molecular formula is C34H39FN8O3. The second kappa shape index (κ2) is 12.9. The number of carbonyl (C=O) groups is 2. The number of anilines is 2. The van der Waals surface area contributed by atoms with Gasteiger partial charge in [-0.1, -0.05) is 30.3 Å². The molecule has 2 aromatic carbocycles. The van der Waals surface area contributed by atoms with Gasteiger partial charge < -0.3 is 29.7 Å². The third-order valence-electron chi connectivity index (χ3n) is 9.69. The topological polar surface area (TPSA) is 120 Å². The molecule has 0 unspecified atom stereocenters. The molecule has 2 aromatic heterocycles. The first-order chi connectivity index (χ1) is 22.5. The van der Waals surface area contributed by atoms with E-state index in [-0.39, 0.29) is 30.4 Å². The summed E-state index contributed by atoms with van der Waals surface area (Å²) in [7, 11) is 1.26. The van der Waals surface area contributed by atoms with Gasteiger partial charge in [0, 0.05) is 31.7 Å². The fourth-order valence-electron chi connectivity index (χ4n) is 7.31. The van der Waals surface area contributed by atoms with E-state index >= 15 is 4.39 Å². The number of piperidine rings is 1. The fraction of sp³-hybridized carbons (Fsp3) is 0.441. The number of hydrogen-bond donors (Lipinski definition) is 2. The number of H-pyrrole nitrogens is 1. The number of aromatic amines is 1. The van der Waals surface area contributed by atoms with Crippen LogP contribution in [0.3, 0.4) is 0 Å². The van der Waals surface area contributed by atoms with E-state index in [9.17, 15) is 9.59 Å². The van der Waals surface area contributed by atoms with Gasteiger partial charge in [0.2, 0.25) is 11.9 Å². The Balaban J connectivity index is 1.04. The lowest BCUT2D eigenvalue weighted by Crippen LogP contribution is -2.40. The number of fused-ring (bicyclic) bond motifs is 1.